The van der Waals surface area contributed by atoms with Crippen molar-refractivity contribution >= 4 is 11.6 Å². The lowest BCUT2D eigenvalue weighted by molar-refractivity contribution is -0.119. The molecule has 1 heterocycles. The molecule has 0 saturated heterocycles. The maximum absolute atomic E-state index is 11.2. The normalized spacial score (nSPS) is 25.7. The molecule has 120 valence electrons. The molecule has 3 atom stereocenters. The molecule has 0 spiro atoms. The Balaban J connectivity index is 0.00000169. The smallest absolute Gasteiger partial charge is 0.226 e. The number of nitrogens with zero attached hydrogens (tertiary/aromatic N) is 1. The summed E-state index contributed by atoms with van der Waals surface area (Å²) in [6.07, 6.45) is 3.17. The van der Waals surface area contributed by atoms with Crippen molar-refractivity contribution in [2.24, 2.45) is 23.5 Å². The molecule has 0 bridgehead atoms. The number of rotatable bonds is 4. The van der Waals surface area contributed by atoms with E-state index in [1.54, 1.807) is 0 Å². The number of fused-ring (bicyclic) bond motifs is 1. The lowest BCUT2D eigenvalue weighted by Crippen LogP contribution is -2.25. The summed E-state index contributed by atoms with van der Waals surface area (Å²) in [5, 5.41) is 8.37. The third kappa shape index (κ3) is 2.56. The summed E-state index contributed by atoms with van der Waals surface area (Å²) in [6, 6.07) is 9.87. The van der Waals surface area contributed by atoms with Gasteiger partial charge in [-0.2, -0.15) is 0 Å². The Labute approximate surface area is 135 Å². The molecule has 3 N–H and O–H groups in total. The number of benzene rings is 1. The average Bonchev–Trinajstić information content (AvgIpc) is 3.26. The third-order valence-corrected chi connectivity index (χ3v) is 4.96. The summed E-state index contributed by atoms with van der Waals surface area (Å²) >= 11 is 0. The molecule has 0 radical (unpaired) electrons. The fourth-order valence-electron chi connectivity index (χ4n) is 3.50. The van der Waals surface area contributed by atoms with Crippen LogP contribution in [0.5, 0.6) is 0 Å². The van der Waals surface area contributed by atoms with Crippen molar-refractivity contribution in [1.82, 2.24) is 4.98 Å². The minimum atomic E-state index is -0.276. The van der Waals surface area contributed by atoms with Gasteiger partial charge in [0.15, 0.2) is 0 Å². The van der Waals surface area contributed by atoms with Crippen LogP contribution < -0.4 is 5.73 Å². The van der Waals surface area contributed by atoms with E-state index in [4.69, 9.17) is 15.6 Å². The summed E-state index contributed by atoms with van der Waals surface area (Å²) in [5.41, 5.74) is 7.99. The van der Waals surface area contributed by atoms with E-state index in [2.05, 4.69) is 4.98 Å². The fourth-order valence-corrected chi connectivity index (χ4v) is 3.50. The fraction of sp³-hybridized carbons (Fsp3) is 0.389. The van der Waals surface area contributed by atoms with Crippen LogP contribution in [-0.4, -0.2) is 16.6 Å². The molecule has 0 unspecified atom stereocenters. The van der Waals surface area contributed by atoms with E-state index < -0.39 is 0 Å². The first kappa shape index (κ1) is 14.2. The SMILES string of the molecule is N=C([C@H]1CCc2nc(-c3ccccc3)oc2C1)[C@H]1C[C@H]1C(N)=O.[HH]. The molecule has 1 saturated carbocycles. The number of primary amides is 1. The van der Waals surface area contributed by atoms with E-state index in [9.17, 15) is 4.79 Å². The van der Waals surface area contributed by atoms with Crippen LogP contribution in [0.1, 0.15) is 25.7 Å². The Morgan fingerprint density at radius 2 is 2.09 bits per heavy atom. The molecule has 1 aromatic heterocycles. The van der Waals surface area contributed by atoms with Crippen molar-refractivity contribution in [2.45, 2.75) is 25.7 Å². The molecule has 2 aromatic rings. The molecule has 1 fully saturated rings. The van der Waals surface area contributed by atoms with Gasteiger partial charge in [0.25, 0.3) is 0 Å². The summed E-state index contributed by atoms with van der Waals surface area (Å²) in [6.45, 7) is 0. The maximum Gasteiger partial charge on any atom is 0.226 e. The van der Waals surface area contributed by atoms with Gasteiger partial charge in [-0.15, -0.1) is 0 Å². The summed E-state index contributed by atoms with van der Waals surface area (Å²) in [4.78, 5) is 15.8. The second kappa shape index (κ2) is 5.33. The highest BCUT2D eigenvalue weighted by Crippen LogP contribution is 2.43. The largest absolute Gasteiger partial charge is 0.441 e. The Bertz CT molecular complexity index is 772. The molecular formula is C18H21N3O2. The van der Waals surface area contributed by atoms with Crippen LogP contribution in [-0.2, 0) is 17.6 Å². The number of nitrogens with one attached hydrogen (secondary N) is 1. The molecule has 2 aliphatic rings. The van der Waals surface area contributed by atoms with Crippen molar-refractivity contribution < 1.29 is 10.6 Å². The lowest BCUT2D eigenvalue weighted by atomic mass is 9.84. The molecule has 1 amide bonds. The Hall–Kier alpha value is -2.43. The second-order valence-electron chi connectivity index (χ2n) is 6.50. The van der Waals surface area contributed by atoms with Crippen LogP contribution in [0.15, 0.2) is 34.7 Å². The van der Waals surface area contributed by atoms with Crippen LogP contribution in [0.25, 0.3) is 11.5 Å². The number of hydrogen-bond donors (Lipinski definition) is 2. The highest BCUT2D eigenvalue weighted by atomic mass is 16.4. The molecule has 1 aromatic carbocycles. The van der Waals surface area contributed by atoms with Gasteiger partial charge in [-0.3, -0.25) is 4.79 Å². The van der Waals surface area contributed by atoms with Gasteiger partial charge in [0, 0.05) is 36.9 Å². The topological polar surface area (TPSA) is 93.0 Å². The zero-order chi connectivity index (χ0) is 16.0. The van der Waals surface area contributed by atoms with Crippen molar-refractivity contribution in [3.8, 4) is 11.5 Å². The summed E-state index contributed by atoms with van der Waals surface area (Å²) in [5.74, 6) is 1.34. The Kier molecular flexibility index (Phi) is 3.29. The van der Waals surface area contributed by atoms with Gasteiger partial charge < -0.3 is 15.6 Å². The number of oxazole rings is 1. The number of aromatic nitrogens is 1. The molecule has 4 rings (SSSR count). The molecule has 5 nitrogen and oxygen atoms in total. The second-order valence-corrected chi connectivity index (χ2v) is 6.50. The van der Waals surface area contributed by atoms with E-state index in [0.29, 0.717) is 18.0 Å². The van der Waals surface area contributed by atoms with Gasteiger partial charge in [0.2, 0.25) is 11.8 Å². The molecule has 0 aliphatic heterocycles. The molecule has 2 aliphatic carbocycles. The van der Waals surface area contributed by atoms with Crippen LogP contribution in [0.2, 0.25) is 0 Å². The number of hydrogen-bond acceptors (Lipinski definition) is 4. The average molecular weight is 311 g/mol. The lowest BCUT2D eigenvalue weighted by Gasteiger charge is -2.21. The molecular weight excluding hydrogens is 290 g/mol. The van der Waals surface area contributed by atoms with Crippen molar-refractivity contribution in [2.75, 3.05) is 0 Å². The van der Waals surface area contributed by atoms with E-state index >= 15 is 0 Å². The van der Waals surface area contributed by atoms with Crippen LogP contribution >= 0.6 is 0 Å². The quantitative estimate of drug-likeness (QED) is 0.850. The summed E-state index contributed by atoms with van der Waals surface area (Å²) < 4.78 is 5.95. The predicted octanol–water partition coefficient (Wildman–Crippen LogP) is 2.83. The molecule has 23 heavy (non-hydrogen) atoms. The Morgan fingerprint density at radius 1 is 1.30 bits per heavy atom. The van der Waals surface area contributed by atoms with E-state index in [0.717, 1.165) is 36.3 Å². The van der Waals surface area contributed by atoms with Crippen molar-refractivity contribution in [3.05, 3.63) is 41.8 Å². The monoisotopic (exact) mass is 311 g/mol. The van der Waals surface area contributed by atoms with Gasteiger partial charge in [0.05, 0.1) is 5.69 Å². The first-order valence-electron chi connectivity index (χ1n) is 8.05. The van der Waals surface area contributed by atoms with E-state index in [1.165, 1.54) is 0 Å². The minimum absolute atomic E-state index is 0. The zero-order valence-electron chi connectivity index (χ0n) is 12.8. The third-order valence-electron chi connectivity index (χ3n) is 4.96. The zero-order valence-corrected chi connectivity index (χ0v) is 12.8. The maximum atomic E-state index is 11.2. The van der Waals surface area contributed by atoms with Crippen molar-refractivity contribution in [1.29, 1.82) is 5.41 Å². The first-order chi connectivity index (χ1) is 11.1. The highest BCUT2D eigenvalue weighted by molar-refractivity contribution is 5.95. The standard InChI is InChI=1S/C18H19N3O2.H2/c19-16(12-9-13(12)17(20)22)11-6-7-14-15(8-11)23-18(21-14)10-4-2-1-3-5-10;/h1-5,11-13,19H,6-9H2,(H2,20,22);1H/t11-,12-,13+;/m0./s1. The van der Waals surface area contributed by atoms with Gasteiger partial charge >= 0.3 is 0 Å². The van der Waals surface area contributed by atoms with Crippen LogP contribution in [0, 0.1) is 23.2 Å². The van der Waals surface area contributed by atoms with Gasteiger partial charge in [-0.25, -0.2) is 4.98 Å². The minimum Gasteiger partial charge on any atom is -0.441 e. The number of carbonyl (C=O) groups excluding carboxylic acids is 1. The molecule has 5 heteroatoms. The van der Waals surface area contributed by atoms with Gasteiger partial charge in [0.1, 0.15) is 5.76 Å². The number of carbonyl (C=O) groups is 1. The highest BCUT2D eigenvalue weighted by Gasteiger charge is 2.47. The Morgan fingerprint density at radius 3 is 2.78 bits per heavy atom. The van der Waals surface area contributed by atoms with Gasteiger partial charge in [-0.05, 0) is 31.4 Å². The first-order valence-corrected chi connectivity index (χ1v) is 8.05. The van der Waals surface area contributed by atoms with E-state index in [1.807, 2.05) is 30.3 Å². The number of aryl methyl sites for hydroxylation is 1. The van der Waals surface area contributed by atoms with E-state index in [-0.39, 0.29) is 25.1 Å². The predicted molar refractivity (Wildman–Crippen MR) is 88.1 cm³/mol. The number of amides is 1. The van der Waals surface area contributed by atoms with Gasteiger partial charge in [-0.1, -0.05) is 18.2 Å². The van der Waals surface area contributed by atoms with Crippen molar-refractivity contribution in [3.63, 3.8) is 0 Å². The van der Waals surface area contributed by atoms with Crippen LogP contribution in [0.4, 0.5) is 0 Å². The number of nitrogens with two attached hydrogens (primary N) is 1. The summed E-state index contributed by atoms with van der Waals surface area (Å²) in [7, 11) is 0. The van der Waals surface area contributed by atoms with Crippen LogP contribution in [0.3, 0.4) is 0 Å².